The Balaban J connectivity index is 2.25. The van der Waals surface area contributed by atoms with E-state index in [-0.39, 0.29) is 12.0 Å². The minimum absolute atomic E-state index is 0.0102. The zero-order chi connectivity index (χ0) is 15.7. The van der Waals surface area contributed by atoms with E-state index in [1.54, 1.807) is 0 Å². The molecule has 0 spiro atoms. The maximum Gasteiger partial charge on any atom is 0.224 e. The smallest absolute Gasteiger partial charge is 0.224 e. The van der Waals surface area contributed by atoms with Crippen molar-refractivity contribution in [3.8, 4) is 0 Å². The zero-order valence-electron chi connectivity index (χ0n) is 13.4. The van der Waals surface area contributed by atoms with Crippen LogP contribution >= 0.6 is 0 Å². The second-order valence-electron chi connectivity index (χ2n) is 5.82. The number of hydrogen-bond donors (Lipinski definition) is 2. The monoisotopic (exact) mass is 292 g/mol. The first-order chi connectivity index (χ1) is 10.0. The van der Waals surface area contributed by atoms with Gasteiger partial charge in [-0.3, -0.25) is 4.79 Å². The molecule has 0 aliphatic heterocycles. The summed E-state index contributed by atoms with van der Waals surface area (Å²) in [6.45, 7) is 7.49. The van der Waals surface area contributed by atoms with Crippen molar-refractivity contribution in [3.63, 3.8) is 0 Å². The van der Waals surface area contributed by atoms with Gasteiger partial charge in [0.2, 0.25) is 5.91 Å². The molecule has 0 radical (unpaired) electrons. The third-order valence-corrected chi connectivity index (χ3v) is 3.27. The number of rotatable bonds is 9. The highest BCUT2D eigenvalue weighted by Gasteiger charge is 2.07. The maximum atomic E-state index is 11.9. The summed E-state index contributed by atoms with van der Waals surface area (Å²) < 4.78 is 5.70. The van der Waals surface area contributed by atoms with Crippen molar-refractivity contribution in [1.29, 1.82) is 0 Å². The molecule has 1 amide bonds. The number of carbonyl (C=O) groups is 1. The molecule has 0 aliphatic rings. The molecular formula is C17H28N2O2. The first-order valence-corrected chi connectivity index (χ1v) is 7.72. The van der Waals surface area contributed by atoms with Gasteiger partial charge in [-0.25, -0.2) is 0 Å². The average Bonchev–Trinajstić information content (AvgIpc) is 2.43. The number of anilines is 1. The van der Waals surface area contributed by atoms with E-state index < -0.39 is 0 Å². The van der Waals surface area contributed by atoms with Gasteiger partial charge in [0, 0.05) is 25.3 Å². The molecule has 0 aromatic heterocycles. The number of carbonyl (C=O) groups excluding carboxylic acids is 1. The lowest BCUT2D eigenvalue weighted by Gasteiger charge is -2.15. The number of hydrogen-bond acceptors (Lipinski definition) is 3. The summed E-state index contributed by atoms with van der Waals surface area (Å²) >= 11 is 0. The molecule has 1 unspecified atom stereocenters. The summed E-state index contributed by atoms with van der Waals surface area (Å²) in [4.78, 5) is 11.9. The SMILES string of the molecule is CC(C)CC(C)OCCCC(=O)Nc1ccccc1CN. The van der Waals surface area contributed by atoms with Crippen LogP contribution in [0.5, 0.6) is 0 Å². The van der Waals surface area contributed by atoms with Gasteiger partial charge in [0.25, 0.3) is 0 Å². The Morgan fingerprint density at radius 1 is 1.29 bits per heavy atom. The predicted octanol–water partition coefficient (Wildman–Crippen LogP) is 3.32. The highest BCUT2D eigenvalue weighted by atomic mass is 16.5. The molecule has 4 nitrogen and oxygen atoms in total. The first-order valence-electron chi connectivity index (χ1n) is 7.72. The molecule has 118 valence electrons. The van der Waals surface area contributed by atoms with Gasteiger partial charge in [0.15, 0.2) is 0 Å². The van der Waals surface area contributed by atoms with E-state index in [1.807, 2.05) is 24.3 Å². The number of benzene rings is 1. The average molecular weight is 292 g/mol. The summed E-state index contributed by atoms with van der Waals surface area (Å²) in [5, 5.41) is 2.91. The number of para-hydroxylation sites is 1. The van der Waals surface area contributed by atoms with Crippen molar-refractivity contribution >= 4 is 11.6 Å². The van der Waals surface area contributed by atoms with Gasteiger partial charge in [-0.05, 0) is 37.3 Å². The van der Waals surface area contributed by atoms with Gasteiger partial charge in [-0.15, -0.1) is 0 Å². The highest BCUT2D eigenvalue weighted by molar-refractivity contribution is 5.91. The summed E-state index contributed by atoms with van der Waals surface area (Å²) in [5.74, 6) is 0.645. The quantitative estimate of drug-likeness (QED) is 0.686. The van der Waals surface area contributed by atoms with Gasteiger partial charge in [-0.1, -0.05) is 32.0 Å². The molecule has 0 fully saturated rings. The fraction of sp³-hybridized carbons (Fsp3) is 0.588. The molecule has 3 N–H and O–H groups in total. The molecule has 1 rings (SSSR count). The Morgan fingerprint density at radius 3 is 2.67 bits per heavy atom. The molecule has 0 saturated heterocycles. The van der Waals surface area contributed by atoms with Crippen molar-refractivity contribution in [2.45, 2.75) is 52.7 Å². The second kappa shape index (κ2) is 9.53. The third-order valence-electron chi connectivity index (χ3n) is 3.27. The fourth-order valence-corrected chi connectivity index (χ4v) is 2.28. The molecule has 0 bridgehead atoms. The van der Waals surface area contributed by atoms with Crippen LogP contribution in [-0.4, -0.2) is 18.6 Å². The van der Waals surface area contributed by atoms with E-state index in [2.05, 4.69) is 26.1 Å². The molecule has 0 aliphatic carbocycles. The van der Waals surface area contributed by atoms with E-state index >= 15 is 0 Å². The van der Waals surface area contributed by atoms with Crippen LogP contribution in [0.15, 0.2) is 24.3 Å². The molecular weight excluding hydrogens is 264 g/mol. The van der Waals surface area contributed by atoms with Crippen molar-refractivity contribution < 1.29 is 9.53 Å². The summed E-state index contributed by atoms with van der Waals surface area (Å²) in [6, 6.07) is 7.61. The van der Waals surface area contributed by atoms with Gasteiger partial charge in [0.1, 0.15) is 0 Å². The molecule has 0 saturated carbocycles. The van der Waals surface area contributed by atoms with E-state index in [9.17, 15) is 4.79 Å². The van der Waals surface area contributed by atoms with Crippen LogP contribution in [0.2, 0.25) is 0 Å². The Bertz CT molecular complexity index is 433. The van der Waals surface area contributed by atoms with Crippen LogP contribution in [0.1, 0.15) is 45.6 Å². The standard InChI is InChI=1S/C17H28N2O2/c1-13(2)11-14(3)21-10-6-9-17(20)19-16-8-5-4-7-15(16)12-18/h4-5,7-8,13-14H,6,9-12,18H2,1-3H3,(H,19,20). The molecule has 1 aromatic carbocycles. The number of nitrogens with two attached hydrogens (primary N) is 1. The lowest BCUT2D eigenvalue weighted by atomic mass is 10.1. The van der Waals surface area contributed by atoms with Crippen LogP contribution in [0.3, 0.4) is 0 Å². The maximum absolute atomic E-state index is 11.9. The van der Waals surface area contributed by atoms with Crippen molar-refractivity contribution in [2.75, 3.05) is 11.9 Å². The lowest BCUT2D eigenvalue weighted by Crippen LogP contribution is -2.16. The van der Waals surface area contributed by atoms with Gasteiger partial charge in [-0.2, -0.15) is 0 Å². The molecule has 21 heavy (non-hydrogen) atoms. The molecule has 4 heteroatoms. The van der Waals surface area contributed by atoms with E-state index in [4.69, 9.17) is 10.5 Å². The van der Waals surface area contributed by atoms with E-state index in [0.717, 1.165) is 24.1 Å². The van der Waals surface area contributed by atoms with Crippen LogP contribution in [-0.2, 0) is 16.1 Å². The van der Waals surface area contributed by atoms with Gasteiger partial charge in [0.05, 0.1) is 6.10 Å². The largest absolute Gasteiger partial charge is 0.378 e. The van der Waals surface area contributed by atoms with Crippen LogP contribution < -0.4 is 11.1 Å². The fourth-order valence-electron chi connectivity index (χ4n) is 2.28. The Labute approximate surface area is 128 Å². The summed E-state index contributed by atoms with van der Waals surface area (Å²) in [6.07, 6.45) is 2.51. The minimum Gasteiger partial charge on any atom is -0.378 e. The van der Waals surface area contributed by atoms with Gasteiger partial charge < -0.3 is 15.8 Å². The van der Waals surface area contributed by atoms with Crippen LogP contribution in [0, 0.1) is 5.92 Å². The third kappa shape index (κ3) is 7.25. The van der Waals surface area contributed by atoms with Crippen molar-refractivity contribution in [2.24, 2.45) is 11.7 Å². The number of amides is 1. The van der Waals surface area contributed by atoms with Gasteiger partial charge >= 0.3 is 0 Å². The minimum atomic E-state index is 0.0102. The number of ether oxygens (including phenoxy) is 1. The molecule has 1 atom stereocenters. The predicted molar refractivity (Wildman–Crippen MR) is 87.1 cm³/mol. The topological polar surface area (TPSA) is 64.3 Å². The van der Waals surface area contributed by atoms with Crippen molar-refractivity contribution in [1.82, 2.24) is 0 Å². The molecule has 1 aromatic rings. The second-order valence-corrected chi connectivity index (χ2v) is 5.82. The first kappa shape index (κ1) is 17.7. The summed E-state index contributed by atoms with van der Waals surface area (Å²) in [7, 11) is 0. The van der Waals surface area contributed by atoms with Crippen LogP contribution in [0.4, 0.5) is 5.69 Å². The Hall–Kier alpha value is -1.39. The van der Waals surface area contributed by atoms with Crippen LogP contribution in [0.25, 0.3) is 0 Å². The van der Waals surface area contributed by atoms with Crippen molar-refractivity contribution in [3.05, 3.63) is 29.8 Å². The summed E-state index contributed by atoms with van der Waals surface area (Å²) in [5.41, 5.74) is 7.41. The Kier molecular flexibility index (Phi) is 8.01. The normalized spacial score (nSPS) is 12.4. The zero-order valence-corrected chi connectivity index (χ0v) is 13.4. The Morgan fingerprint density at radius 2 is 2.00 bits per heavy atom. The highest BCUT2D eigenvalue weighted by Crippen LogP contribution is 2.14. The molecule has 0 heterocycles. The van der Waals surface area contributed by atoms with E-state index in [0.29, 0.717) is 25.5 Å². The lowest BCUT2D eigenvalue weighted by molar-refractivity contribution is -0.116. The number of nitrogens with one attached hydrogen (secondary N) is 1. The van der Waals surface area contributed by atoms with E-state index in [1.165, 1.54) is 0 Å².